The van der Waals surface area contributed by atoms with E-state index in [0.717, 1.165) is 23.4 Å². The van der Waals surface area contributed by atoms with Crippen LogP contribution in [0.4, 0.5) is 0 Å². The van der Waals surface area contributed by atoms with Crippen molar-refractivity contribution in [2.45, 2.75) is 33.1 Å². The van der Waals surface area contributed by atoms with E-state index in [2.05, 4.69) is 9.71 Å². The summed E-state index contributed by atoms with van der Waals surface area (Å²) in [7, 11) is -3.18. The monoisotopic (exact) mass is 322 g/mol. The Labute approximate surface area is 131 Å². The number of hydrogen-bond acceptors (Lipinski definition) is 4. The molecule has 0 spiro atoms. The average molecular weight is 322 g/mol. The summed E-state index contributed by atoms with van der Waals surface area (Å²) in [4.78, 5) is 4.46. The van der Waals surface area contributed by atoms with Crippen molar-refractivity contribution in [3.05, 3.63) is 41.8 Å². The highest BCUT2D eigenvalue weighted by Gasteiger charge is 2.13. The first kappa shape index (κ1) is 16.7. The zero-order valence-corrected chi connectivity index (χ0v) is 13.8. The Hall–Kier alpha value is -1.66. The van der Waals surface area contributed by atoms with Gasteiger partial charge in [0.25, 0.3) is 0 Å². The van der Waals surface area contributed by atoms with Gasteiger partial charge in [0.15, 0.2) is 0 Å². The van der Waals surface area contributed by atoms with E-state index in [9.17, 15) is 8.42 Å². The Morgan fingerprint density at radius 1 is 1.23 bits per heavy atom. The molecule has 1 aromatic heterocycles. The van der Waals surface area contributed by atoms with Crippen LogP contribution in [0.5, 0.6) is 0 Å². The lowest BCUT2D eigenvalue weighted by Crippen LogP contribution is -2.28. The second-order valence-corrected chi connectivity index (χ2v) is 7.13. The third-order valence-corrected chi connectivity index (χ3v) is 4.83. The van der Waals surface area contributed by atoms with Gasteiger partial charge in [0, 0.05) is 18.5 Å². The minimum Gasteiger partial charge on any atom is -0.441 e. The molecule has 2 aromatic rings. The average Bonchev–Trinajstić information content (AvgIpc) is 2.87. The van der Waals surface area contributed by atoms with Gasteiger partial charge in [-0.2, -0.15) is 0 Å². The molecule has 1 aromatic carbocycles. The van der Waals surface area contributed by atoms with E-state index in [1.807, 2.05) is 44.2 Å². The first-order valence-corrected chi connectivity index (χ1v) is 9.16. The molecule has 5 nitrogen and oxygen atoms in total. The molecule has 6 heteroatoms. The van der Waals surface area contributed by atoms with Crippen molar-refractivity contribution in [2.24, 2.45) is 0 Å². The van der Waals surface area contributed by atoms with Crippen LogP contribution in [0, 0.1) is 6.92 Å². The highest BCUT2D eigenvalue weighted by atomic mass is 32.2. The molecular weight excluding hydrogens is 300 g/mol. The number of sulfonamides is 1. The van der Waals surface area contributed by atoms with Gasteiger partial charge in [-0.05, 0) is 25.5 Å². The van der Waals surface area contributed by atoms with Crippen LogP contribution < -0.4 is 4.72 Å². The molecule has 1 heterocycles. The lowest BCUT2D eigenvalue weighted by Gasteiger charge is -2.04. The van der Waals surface area contributed by atoms with E-state index < -0.39 is 10.0 Å². The Kier molecular flexibility index (Phi) is 5.74. The maximum atomic E-state index is 11.7. The zero-order valence-electron chi connectivity index (χ0n) is 13.0. The molecule has 0 atom stereocenters. The van der Waals surface area contributed by atoms with Gasteiger partial charge in [-0.15, -0.1) is 0 Å². The van der Waals surface area contributed by atoms with E-state index in [-0.39, 0.29) is 5.75 Å². The van der Waals surface area contributed by atoms with Crippen molar-refractivity contribution in [1.29, 1.82) is 0 Å². The fraction of sp³-hybridized carbons (Fsp3) is 0.438. The molecule has 0 bridgehead atoms. The number of unbranched alkanes of at least 4 members (excludes halogenated alkanes) is 1. The van der Waals surface area contributed by atoms with Crippen molar-refractivity contribution in [3.8, 4) is 11.5 Å². The number of oxazole rings is 1. The molecule has 120 valence electrons. The second-order valence-electron chi connectivity index (χ2n) is 5.20. The quantitative estimate of drug-likeness (QED) is 0.811. The molecule has 0 saturated heterocycles. The minimum absolute atomic E-state index is 0.177. The van der Waals surface area contributed by atoms with Crippen LogP contribution in [0.3, 0.4) is 0 Å². The molecule has 0 saturated carbocycles. The lowest BCUT2D eigenvalue weighted by molar-refractivity contribution is 0.538. The predicted molar refractivity (Wildman–Crippen MR) is 87.1 cm³/mol. The minimum atomic E-state index is -3.18. The highest BCUT2D eigenvalue weighted by Crippen LogP contribution is 2.21. The van der Waals surface area contributed by atoms with Crippen LogP contribution in [0.1, 0.15) is 31.2 Å². The van der Waals surface area contributed by atoms with Crippen LogP contribution in [0.25, 0.3) is 11.5 Å². The van der Waals surface area contributed by atoms with Crippen molar-refractivity contribution in [1.82, 2.24) is 9.71 Å². The summed E-state index contributed by atoms with van der Waals surface area (Å²) in [5.74, 6) is 1.48. The Bertz CT molecular complexity index is 693. The summed E-state index contributed by atoms with van der Waals surface area (Å²) < 4.78 is 31.7. The Morgan fingerprint density at radius 3 is 2.64 bits per heavy atom. The normalized spacial score (nSPS) is 11.7. The number of aryl methyl sites for hydroxylation is 1. The number of rotatable bonds is 8. The van der Waals surface area contributed by atoms with Crippen LogP contribution >= 0.6 is 0 Å². The first-order valence-electron chi connectivity index (χ1n) is 7.51. The van der Waals surface area contributed by atoms with Gasteiger partial charge < -0.3 is 4.42 Å². The van der Waals surface area contributed by atoms with Gasteiger partial charge in [0.05, 0.1) is 11.4 Å². The van der Waals surface area contributed by atoms with Crippen LogP contribution in [0.15, 0.2) is 34.7 Å². The summed E-state index contributed by atoms with van der Waals surface area (Å²) >= 11 is 0. The molecule has 22 heavy (non-hydrogen) atoms. The molecule has 2 rings (SSSR count). The molecule has 0 aliphatic heterocycles. The number of benzene rings is 1. The van der Waals surface area contributed by atoms with E-state index in [4.69, 9.17) is 4.42 Å². The van der Waals surface area contributed by atoms with Crippen molar-refractivity contribution in [3.63, 3.8) is 0 Å². The molecule has 0 aliphatic carbocycles. The smallest absolute Gasteiger partial charge is 0.226 e. The summed E-state index contributed by atoms with van der Waals surface area (Å²) in [6.45, 7) is 4.16. The number of nitrogens with zero attached hydrogens (tertiary/aromatic N) is 1. The van der Waals surface area contributed by atoms with Crippen molar-refractivity contribution >= 4 is 10.0 Å². The molecule has 1 N–H and O–H groups in total. The second kappa shape index (κ2) is 7.56. The largest absolute Gasteiger partial charge is 0.441 e. The fourth-order valence-corrected chi connectivity index (χ4v) is 3.32. The molecule has 0 aliphatic rings. The van der Waals surface area contributed by atoms with Gasteiger partial charge in [0.1, 0.15) is 5.76 Å². The fourth-order valence-electron chi connectivity index (χ4n) is 2.10. The SMILES string of the molecule is CCCCS(=O)(=O)NCCc1nc(-c2ccccc2)oc1C. The Morgan fingerprint density at radius 2 is 1.95 bits per heavy atom. The van der Waals surface area contributed by atoms with Gasteiger partial charge >= 0.3 is 0 Å². The topological polar surface area (TPSA) is 72.2 Å². The first-order chi connectivity index (χ1) is 10.5. The summed E-state index contributed by atoms with van der Waals surface area (Å²) in [5.41, 5.74) is 1.71. The Balaban J connectivity index is 1.96. The maximum Gasteiger partial charge on any atom is 0.226 e. The number of hydrogen-bond donors (Lipinski definition) is 1. The van der Waals surface area contributed by atoms with Crippen molar-refractivity contribution in [2.75, 3.05) is 12.3 Å². The predicted octanol–water partition coefficient (Wildman–Crippen LogP) is 2.91. The van der Waals surface area contributed by atoms with E-state index >= 15 is 0 Å². The molecule has 0 radical (unpaired) electrons. The van der Waals surface area contributed by atoms with Gasteiger partial charge in [-0.3, -0.25) is 0 Å². The third-order valence-electron chi connectivity index (χ3n) is 3.36. The van der Waals surface area contributed by atoms with Crippen LogP contribution in [-0.2, 0) is 16.4 Å². The van der Waals surface area contributed by atoms with E-state index in [1.54, 1.807) is 0 Å². The van der Waals surface area contributed by atoms with Gasteiger partial charge in [-0.1, -0.05) is 31.5 Å². The van der Waals surface area contributed by atoms with Crippen LogP contribution in [0.2, 0.25) is 0 Å². The zero-order chi connectivity index (χ0) is 16.0. The van der Waals surface area contributed by atoms with Gasteiger partial charge in [-0.25, -0.2) is 18.1 Å². The summed E-state index contributed by atoms with van der Waals surface area (Å²) in [6, 6.07) is 9.66. The van der Waals surface area contributed by atoms with E-state index in [0.29, 0.717) is 25.3 Å². The highest BCUT2D eigenvalue weighted by molar-refractivity contribution is 7.89. The maximum absolute atomic E-state index is 11.7. The molecule has 0 unspecified atom stereocenters. The molecule has 0 fully saturated rings. The number of aromatic nitrogens is 1. The van der Waals surface area contributed by atoms with Gasteiger partial charge in [0.2, 0.25) is 15.9 Å². The number of nitrogens with one attached hydrogen (secondary N) is 1. The van der Waals surface area contributed by atoms with Crippen molar-refractivity contribution < 1.29 is 12.8 Å². The summed E-state index contributed by atoms with van der Waals surface area (Å²) in [6.07, 6.45) is 2.06. The lowest BCUT2D eigenvalue weighted by atomic mass is 10.2. The standard InChI is InChI=1S/C16H22N2O3S/c1-3-4-12-22(19,20)17-11-10-15-13(2)21-16(18-15)14-8-6-5-7-9-14/h5-9,17H,3-4,10-12H2,1-2H3. The van der Waals surface area contributed by atoms with Crippen LogP contribution in [-0.4, -0.2) is 25.7 Å². The van der Waals surface area contributed by atoms with E-state index in [1.165, 1.54) is 0 Å². The molecular formula is C16H22N2O3S. The summed E-state index contributed by atoms with van der Waals surface area (Å²) in [5, 5.41) is 0. The third kappa shape index (κ3) is 4.68. The molecule has 0 amide bonds.